The summed E-state index contributed by atoms with van der Waals surface area (Å²) in [7, 11) is 1.37. The van der Waals surface area contributed by atoms with Crippen LogP contribution in [0.1, 0.15) is 39.5 Å². The Hall–Kier alpha value is -0.570. The standard InChI is InChI=1S/C11H20O3/c1-11(2,10(13)14-3)9(12)8-6-4-5-7-8/h8-9,12H,4-7H2,1-3H3. The second-order valence-electron chi connectivity index (χ2n) is 4.70. The van der Waals surface area contributed by atoms with Crippen molar-refractivity contribution in [2.45, 2.75) is 45.6 Å². The molecule has 1 N–H and O–H groups in total. The first-order valence-corrected chi connectivity index (χ1v) is 5.26. The van der Waals surface area contributed by atoms with Crippen LogP contribution in [0.15, 0.2) is 0 Å². The lowest BCUT2D eigenvalue weighted by Gasteiger charge is -2.31. The van der Waals surface area contributed by atoms with Crippen molar-refractivity contribution in [1.29, 1.82) is 0 Å². The van der Waals surface area contributed by atoms with Crippen molar-refractivity contribution in [3.05, 3.63) is 0 Å². The first-order valence-electron chi connectivity index (χ1n) is 5.26. The van der Waals surface area contributed by atoms with E-state index in [-0.39, 0.29) is 11.9 Å². The van der Waals surface area contributed by atoms with Gasteiger partial charge in [-0.2, -0.15) is 0 Å². The fraction of sp³-hybridized carbons (Fsp3) is 0.909. The second kappa shape index (κ2) is 4.30. The zero-order valence-corrected chi connectivity index (χ0v) is 9.25. The van der Waals surface area contributed by atoms with Crippen LogP contribution in [0.25, 0.3) is 0 Å². The van der Waals surface area contributed by atoms with Crippen molar-refractivity contribution < 1.29 is 14.6 Å². The Balaban J connectivity index is 2.65. The molecular formula is C11H20O3. The molecule has 1 aliphatic carbocycles. The van der Waals surface area contributed by atoms with Crippen molar-refractivity contribution in [3.63, 3.8) is 0 Å². The largest absolute Gasteiger partial charge is 0.469 e. The van der Waals surface area contributed by atoms with Gasteiger partial charge in [-0.25, -0.2) is 0 Å². The molecule has 0 aromatic heterocycles. The Bertz CT molecular complexity index is 205. The summed E-state index contributed by atoms with van der Waals surface area (Å²) in [6.45, 7) is 3.50. The van der Waals surface area contributed by atoms with Gasteiger partial charge in [0.1, 0.15) is 0 Å². The molecule has 1 atom stereocenters. The molecule has 0 radical (unpaired) electrons. The van der Waals surface area contributed by atoms with Gasteiger partial charge in [0.2, 0.25) is 0 Å². The smallest absolute Gasteiger partial charge is 0.313 e. The fourth-order valence-electron chi connectivity index (χ4n) is 2.25. The highest BCUT2D eigenvalue weighted by Crippen LogP contribution is 2.36. The van der Waals surface area contributed by atoms with Gasteiger partial charge in [0.15, 0.2) is 0 Å². The molecule has 1 aliphatic rings. The second-order valence-corrected chi connectivity index (χ2v) is 4.70. The zero-order chi connectivity index (χ0) is 10.8. The number of carbonyl (C=O) groups excluding carboxylic acids is 1. The monoisotopic (exact) mass is 200 g/mol. The van der Waals surface area contributed by atoms with E-state index < -0.39 is 11.5 Å². The average molecular weight is 200 g/mol. The van der Waals surface area contributed by atoms with E-state index in [1.807, 2.05) is 0 Å². The van der Waals surface area contributed by atoms with Gasteiger partial charge >= 0.3 is 5.97 Å². The zero-order valence-electron chi connectivity index (χ0n) is 9.25. The van der Waals surface area contributed by atoms with Gasteiger partial charge in [-0.05, 0) is 32.6 Å². The van der Waals surface area contributed by atoms with E-state index in [0.29, 0.717) is 0 Å². The van der Waals surface area contributed by atoms with Crippen LogP contribution in [-0.2, 0) is 9.53 Å². The van der Waals surface area contributed by atoms with Crippen molar-refractivity contribution >= 4 is 5.97 Å². The average Bonchev–Trinajstić information content (AvgIpc) is 2.67. The van der Waals surface area contributed by atoms with E-state index in [9.17, 15) is 9.90 Å². The Morgan fingerprint density at radius 3 is 2.36 bits per heavy atom. The lowest BCUT2D eigenvalue weighted by atomic mass is 9.79. The van der Waals surface area contributed by atoms with E-state index in [1.165, 1.54) is 20.0 Å². The number of carbonyl (C=O) groups is 1. The number of hydrogen-bond donors (Lipinski definition) is 1. The topological polar surface area (TPSA) is 46.5 Å². The van der Waals surface area contributed by atoms with E-state index in [1.54, 1.807) is 13.8 Å². The molecule has 3 nitrogen and oxygen atoms in total. The predicted octanol–water partition coefficient (Wildman–Crippen LogP) is 1.74. The van der Waals surface area contributed by atoms with Crippen LogP contribution in [-0.4, -0.2) is 24.3 Å². The molecule has 1 saturated carbocycles. The molecule has 1 unspecified atom stereocenters. The van der Waals surface area contributed by atoms with Gasteiger partial charge in [0.05, 0.1) is 18.6 Å². The quantitative estimate of drug-likeness (QED) is 0.706. The highest BCUT2D eigenvalue weighted by atomic mass is 16.5. The molecule has 82 valence electrons. The van der Waals surface area contributed by atoms with Crippen molar-refractivity contribution in [2.24, 2.45) is 11.3 Å². The molecule has 0 heterocycles. The maximum absolute atomic E-state index is 11.4. The van der Waals surface area contributed by atoms with Gasteiger partial charge in [-0.15, -0.1) is 0 Å². The van der Waals surface area contributed by atoms with E-state index in [4.69, 9.17) is 4.74 Å². The van der Waals surface area contributed by atoms with Crippen molar-refractivity contribution in [1.82, 2.24) is 0 Å². The van der Waals surface area contributed by atoms with Gasteiger partial charge in [-0.1, -0.05) is 12.8 Å². The first kappa shape index (κ1) is 11.5. The third-order valence-corrected chi connectivity index (χ3v) is 3.30. The van der Waals surface area contributed by atoms with Crippen LogP contribution in [0.5, 0.6) is 0 Å². The highest BCUT2D eigenvalue weighted by molar-refractivity contribution is 5.76. The van der Waals surface area contributed by atoms with E-state index in [2.05, 4.69) is 0 Å². The highest BCUT2D eigenvalue weighted by Gasteiger charge is 2.41. The van der Waals surface area contributed by atoms with E-state index in [0.717, 1.165) is 12.8 Å². The van der Waals surface area contributed by atoms with Crippen LogP contribution in [0, 0.1) is 11.3 Å². The van der Waals surface area contributed by atoms with Crippen molar-refractivity contribution in [2.75, 3.05) is 7.11 Å². The van der Waals surface area contributed by atoms with Gasteiger partial charge in [0.25, 0.3) is 0 Å². The Morgan fingerprint density at radius 1 is 1.43 bits per heavy atom. The summed E-state index contributed by atoms with van der Waals surface area (Å²) in [6.07, 6.45) is 3.82. The number of methoxy groups -OCH3 is 1. The molecule has 0 spiro atoms. The molecule has 1 rings (SSSR count). The molecule has 0 amide bonds. The summed E-state index contributed by atoms with van der Waals surface area (Å²) in [4.78, 5) is 11.4. The molecular weight excluding hydrogens is 180 g/mol. The molecule has 0 bridgehead atoms. The predicted molar refractivity (Wildman–Crippen MR) is 53.8 cm³/mol. The van der Waals surface area contributed by atoms with Gasteiger partial charge < -0.3 is 9.84 Å². The maximum atomic E-state index is 11.4. The minimum Gasteiger partial charge on any atom is -0.469 e. The lowest BCUT2D eigenvalue weighted by Crippen LogP contribution is -2.42. The summed E-state index contributed by atoms with van der Waals surface area (Å²) in [5.74, 6) is -0.0546. The van der Waals surface area contributed by atoms with Crippen LogP contribution in [0.2, 0.25) is 0 Å². The number of ether oxygens (including phenoxy) is 1. The lowest BCUT2D eigenvalue weighted by molar-refractivity contribution is -0.159. The molecule has 14 heavy (non-hydrogen) atoms. The molecule has 3 heteroatoms. The third-order valence-electron chi connectivity index (χ3n) is 3.30. The number of esters is 1. The molecule has 0 saturated heterocycles. The summed E-state index contributed by atoms with van der Waals surface area (Å²) < 4.78 is 4.70. The van der Waals surface area contributed by atoms with Crippen LogP contribution >= 0.6 is 0 Å². The Morgan fingerprint density at radius 2 is 1.93 bits per heavy atom. The number of hydrogen-bond acceptors (Lipinski definition) is 3. The number of aliphatic hydroxyl groups excluding tert-OH is 1. The Labute approximate surface area is 85.5 Å². The van der Waals surface area contributed by atoms with Gasteiger partial charge in [-0.3, -0.25) is 4.79 Å². The summed E-state index contributed by atoms with van der Waals surface area (Å²) in [6, 6.07) is 0. The SMILES string of the molecule is COC(=O)C(C)(C)C(O)C1CCCC1. The number of aliphatic hydroxyl groups is 1. The minimum atomic E-state index is -0.774. The van der Waals surface area contributed by atoms with Crippen molar-refractivity contribution in [3.8, 4) is 0 Å². The minimum absolute atomic E-state index is 0.268. The number of rotatable bonds is 3. The maximum Gasteiger partial charge on any atom is 0.313 e. The normalized spacial score (nSPS) is 20.9. The molecule has 1 fully saturated rings. The molecule has 0 aliphatic heterocycles. The van der Waals surface area contributed by atoms with Gasteiger partial charge in [0, 0.05) is 0 Å². The van der Waals surface area contributed by atoms with E-state index >= 15 is 0 Å². The van der Waals surface area contributed by atoms with Crippen LogP contribution in [0.4, 0.5) is 0 Å². The summed E-state index contributed by atoms with van der Waals surface area (Å²) >= 11 is 0. The first-order chi connectivity index (χ1) is 6.50. The van der Waals surface area contributed by atoms with Crippen LogP contribution < -0.4 is 0 Å². The van der Waals surface area contributed by atoms with Crippen LogP contribution in [0.3, 0.4) is 0 Å². The fourth-order valence-corrected chi connectivity index (χ4v) is 2.25. The molecule has 0 aromatic rings. The Kier molecular flexibility index (Phi) is 3.53. The molecule has 0 aromatic carbocycles. The third kappa shape index (κ3) is 2.08. The summed E-state index contributed by atoms with van der Waals surface area (Å²) in [5.41, 5.74) is -0.774. The summed E-state index contributed by atoms with van der Waals surface area (Å²) in [5, 5.41) is 10.1.